The summed E-state index contributed by atoms with van der Waals surface area (Å²) in [6, 6.07) is 0. The van der Waals surface area contributed by atoms with Gasteiger partial charge < -0.3 is 15.6 Å². The minimum absolute atomic E-state index is 0.00228. The lowest BCUT2D eigenvalue weighted by atomic mass is 10.1. The molecule has 0 aromatic carbocycles. The lowest BCUT2D eigenvalue weighted by Crippen LogP contribution is -2.31. The van der Waals surface area contributed by atoms with Crippen LogP contribution in [0.5, 0.6) is 0 Å². The van der Waals surface area contributed by atoms with Gasteiger partial charge in [-0.25, -0.2) is 13.6 Å². The molecule has 2 heterocycles. The third kappa shape index (κ3) is 2.99. The predicted molar refractivity (Wildman–Crippen MR) is 81.0 cm³/mol. The molecule has 114 valence electrons. The number of nitrogens with two attached hydrogens (primary N) is 1. The van der Waals surface area contributed by atoms with Crippen LogP contribution in [0.25, 0.3) is 6.08 Å². The highest BCUT2D eigenvalue weighted by Gasteiger charge is 2.42. The second-order valence-electron chi connectivity index (χ2n) is 4.27. The van der Waals surface area contributed by atoms with Crippen molar-refractivity contribution in [3.8, 4) is 0 Å². The summed E-state index contributed by atoms with van der Waals surface area (Å²) in [6.45, 7) is -0.593. The van der Waals surface area contributed by atoms with Crippen LogP contribution in [-0.4, -0.2) is 33.5 Å². The third-order valence-electron chi connectivity index (χ3n) is 3.06. The number of nitrogens with zero attached hydrogens (tertiary/aromatic N) is 2. The number of hydrogen-bond donors (Lipinski definition) is 2. The van der Waals surface area contributed by atoms with Crippen molar-refractivity contribution in [3.05, 3.63) is 38.2 Å². The largest absolute Gasteiger partial charge is 0.393 e. The fourth-order valence-corrected chi connectivity index (χ4v) is 2.41. The molecule has 0 spiro atoms. The van der Waals surface area contributed by atoms with E-state index in [0.29, 0.717) is 5.56 Å². The van der Waals surface area contributed by atoms with Gasteiger partial charge in [-0.3, -0.25) is 4.57 Å². The first kappa shape index (κ1) is 16.0. The maximum absolute atomic E-state index is 14.2. The molecule has 2 rings (SSSR count). The number of aliphatic hydroxyl groups excluding tert-OH is 1. The molecule has 0 saturated carbocycles. The zero-order valence-corrected chi connectivity index (χ0v) is 12.8. The average molecular weight is 411 g/mol. The van der Waals surface area contributed by atoms with E-state index in [0.717, 1.165) is 4.57 Å². The van der Waals surface area contributed by atoms with Gasteiger partial charge in [-0.2, -0.15) is 4.98 Å². The van der Waals surface area contributed by atoms with Gasteiger partial charge >= 0.3 is 5.69 Å². The van der Waals surface area contributed by atoms with Gasteiger partial charge in [0.05, 0.1) is 12.9 Å². The molecule has 1 aromatic rings. The lowest BCUT2D eigenvalue weighted by molar-refractivity contribution is -0.0375. The van der Waals surface area contributed by atoms with Crippen molar-refractivity contribution in [2.24, 2.45) is 0 Å². The summed E-state index contributed by atoms with van der Waals surface area (Å²) in [4.78, 5) is 15.4. The Labute approximate surface area is 132 Å². The first-order chi connectivity index (χ1) is 10.0. The van der Waals surface area contributed by atoms with Crippen molar-refractivity contribution >= 4 is 34.5 Å². The quantitative estimate of drug-likeness (QED) is 0.733. The fraction of sp³-hybridized carbons (Fsp3) is 0.333. The molecule has 1 aromatic heterocycles. The molecule has 9 heteroatoms. The Morgan fingerprint density at radius 3 is 2.86 bits per heavy atom. The Morgan fingerprint density at radius 2 is 2.33 bits per heavy atom. The summed E-state index contributed by atoms with van der Waals surface area (Å²) < 4.78 is 34.6. The Balaban J connectivity index is 2.47. The Morgan fingerprint density at radius 1 is 1.62 bits per heavy atom. The molecule has 0 bridgehead atoms. The van der Waals surface area contributed by atoms with E-state index in [-0.39, 0.29) is 17.7 Å². The second kappa shape index (κ2) is 6.62. The number of aromatic nitrogens is 2. The van der Waals surface area contributed by atoms with Crippen LogP contribution >= 0.6 is 22.6 Å². The molecule has 1 fully saturated rings. The lowest BCUT2D eigenvalue weighted by Gasteiger charge is -2.16. The van der Waals surface area contributed by atoms with Gasteiger partial charge in [-0.05, 0) is 10.2 Å². The third-order valence-corrected chi connectivity index (χ3v) is 3.42. The first-order valence-electron chi connectivity index (χ1n) is 5.89. The minimum Gasteiger partial charge on any atom is -0.393 e. The Bertz CT molecular complexity index is 647. The van der Waals surface area contributed by atoms with Crippen molar-refractivity contribution in [2.75, 3.05) is 12.3 Å². The number of alkyl halides is 1. The monoisotopic (exact) mass is 411 g/mol. The van der Waals surface area contributed by atoms with Crippen LogP contribution in [0.4, 0.5) is 14.6 Å². The van der Waals surface area contributed by atoms with E-state index in [1.807, 2.05) is 22.6 Å². The van der Waals surface area contributed by atoms with Gasteiger partial charge in [0.25, 0.3) is 0 Å². The van der Waals surface area contributed by atoms with Gasteiger partial charge in [-0.1, -0.05) is 22.6 Å². The minimum atomic E-state index is -1.90. The number of anilines is 1. The Hall–Kier alpha value is -1.33. The standard InChI is InChI=1S/C12H12F2IN3O3/c13-3-7-8(5-19)21-11(9(7)14)18-4-6(1-2-15)10(16)17-12(18)20/h1-4,8-9,11,19H,5H2,(H2,16,17,20). The number of rotatable bonds is 3. The van der Waals surface area contributed by atoms with Crippen molar-refractivity contribution in [1.82, 2.24) is 9.55 Å². The normalized spacial score (nSPS) is 27.8. The van der Waals surface area contributed by atoms with Crippen molar-refractivity contribution in [1.29, 1.82) is 0 Å². The van der Waals surface area contributed by atoms with Crippen LogP contribution in [0.2, 0.25) is 0 Å². The van der Waals surface area contributed by atoms with Crippen LogP contribution < -0.4 is 11.4 Å². The van der Waals surface area contributed by atoms with Gasteiger partial charge in [0.2, 0.25) is 0 Å². The number of ether oxygens (including phenoxy) is 1. The van der Waals surface area contributed by atoms with Crippen LogP contribution in [0.15, 0.2) is 27.0 Å². The maximum Gasteiger partial charge on any atom is 0.351 e. The zero-order chi connectivity index (χ0) is 15.6. The molecule has 0 aliphatic carbocycles. The van der Waals surface area contributed by atoms with E-state index < -0.39 is 30.8 Å². The molecule has 0 radical (unpaired) electrons. The van der Waals surface area contributed by atoms with E-state index in [4.69, 9.17) is 15.6 Å². The van der Waals surface area contributed by atoms with E-state index in [1.165, 1.54) is 6.20 Å². The molecule has 0 amide bonds. The van der Waals surface area contributed by atoms with Crippen LogP contribution in [0.3, 0.4) is 0 Å². The Kier molecular flexibility index (Phi) is 5.06. The topological polar surface area (TPSA) is 90.4 Å². The smallest absolute Gasteiger partial charge is 0.351 e. The highest BCUT2D eigenvalue weighted by Crippen LogP contribution is 2.35. The molecule has 3 atom stereocenters. The zero-order valence-electron chi connectivity index (χ0n) is 10.6. The number of halogens is 3. The van der Waals surface area contributed by atoms with Crippen molar-refractivity contribution in [3.63, 3.8) is 0 Å². The summed E-state index contributed by atoms with van der Waals surface area (Å²) in [5.41, 5.74) is 4.83. The van der Waals surface area contributed by atoms with Gasteiger partial charge in [0.15, 0.2) is 12.4 Å². The van der Waals surface area contributed by atoms with Crippen LogP contribution in [0.1, 0.15) is 11.8 Å². The molecule has 1 saturated heterocycles. The summed E-state index contributed by atoms with van der Waals surface area (Å²) in [5.74, 6) is -0.00228. The van der Waals surface area contributed by atoms with E-state index in [2.05, 4.69) is 4.98 Å². The molecular formula is C12H12F2IN3O3. The molecular weight excluding hydrogens is 399 g/mol. The predicted octanol–water partition coefficient (Wildman–Crippen LogP) is 1.31. The summed E-state index contributed by atoms with van der Waals surface area (Å²) in [5, 5.41) is 9.07. The summed E-state index contributed by atoms with van der Waals surface area (Å²) >= 11 is 1.95. The summed E-state index contributed by atoms with van der Waals surface area (Å²) in [7, 11) is 0. The highest BCUT2D eigenvalue weighted by atomic mass is 127. The van der Waals surface area contributed by atoms with Gasteiger partial charge in [0, 0.05) is 17.3 Å². The molecule has 1 aliphatic heterocycles. The molecule has 6 nitrogen and oxygen atoms in total. The van der Waals surface area contributed by atoms with E-state index >= 15 is 0 Å². The molecule has 1 aliphatic rings. The fourth-order valence-electron chi connectivity index (χ4n) is 2.02. The number of nitrogen functional groups attached to an aromatic ring is 1. The molecule has 3 N–H and O–H groups in total. The van der Waals surface area contributed by atoms with Crippen molar-refractivity contribution < 1.29 is 18.6 Å². The second-order valence-corrected chi connectivity index (χ2v) is 4.99. The molecule has 3 unspecified atom stereocenters. The van der Waals surface area contributed by atoms with Gasteiger partial charge in [-0.15, -0.1) is 0 Å². The van der Waals surface area contributed by atoms with Crippen molar-refractivity contribution in [2.45, 2.75) is 18.5 Å². The van der Waals surface area contributed by atoms with E-state index in [9.17, 15) is 13.6 Å². The summed E-state index contributed by atoms with van der Waals surface area (Å²) in [6.07, 6.45) is -1.52. The SMILES string of the molecule is Nc1nc(=O)n(C2OC(CO)C(=CF)C2F)cc1C=CI. The number of hydrogen-bond acceptors (Lipinski definition) is 5. The van der Waals surface area contributed by atoms with E-state index in [1.54, 1.807) is 10.2 Å². The first-order valence-corrected chi connectivity index (χ1v) is 7.14. The number of aliphatic hydroxyl groups is 1. The van der Waals surface area contributed by atoms with Gasteiger partial charge in [0.1, 0.15) is 11.9 Å². The van der Waals surface area contributed by atoms with Crippen LogP contribution in [0, 0.1) is 0 Å². The highest BCUT2D eigenvalue weighted by molar-refractivity contribution is 14.1. The average Bonchev–Trinajstić information content (AvgIpc) is 2.78. The molecule has 21 heavy (non-hydrogen) atoms. The van der Waals surface area contributed by atoms with Crippen LogP contribution in [-0.2, 0) is 4.74 Å². The maximum atomic E-state index is 14.2.